The summed E-state index contributed by atoms with van der Waals surface area (Å²) < 4.78 is 0. The van der Waals surface area contributed by atoms with Crippen LogP contribution in [0.4, 0.5) is 5.69 Å². The Morgan fingerprint density at radius 1 is 1.47 bits per heavy atom. The number of benzene rings is 1. The normalized spacial score (nSPS) is 10.2. The van der Waals surface area contributed by atoms with Crippen LogP contribution in [0.2, 0.25) is 0 Å². The van der Waals surface area contributed by atoms with Crippen molar-refractivity contribution >= 4 is 11.6 Å². The first-order chi connectivity index (χ1) is 9.09. The molecule has 1 aromatic heterocycles. The predicted molar refractivity (Wildman–Crippen MR) is 67.6 cm³/mol. The van der Waals surface area contributed by atoms with Crippen molar-refractivity contribution < 1.29 is 9.72 Å². The molecule has 0 spiro atoms. The molecule has 1 heterocycles. The predicted octanol–water partition coefficient (Wildman–Crippen LogP) is 1.56. The first-order valence-electron chi connectivity index (χ1n) is 5.60. The number of hydrogen-bond acceptors (Lipinski definition) is 4. The summed E-state index contributed by atoms with van der Waals surface area (Å²) >= 11 is 0. The minimum Gasteiger partial charge on any atom is -0.348 e. The summed E-state index contributed by atoms with van der Waals surface area (Å²) in [4.78, 5) is 22.2. The molecule has 2 rings (SSSR count). The molecule has 0 bridgehead atoms. The Bertz CT molecular complexity index is 621. The first-order valence-corrected chi connectivity index (χ1v) is 5.60. The average Bonchev–Trinajstić information content (AvgIpc) is 2.81. The summed E-state index contributed by atoms with van der Waals surface area (Å²) in [6.45, 7) is 2.10. The molecule has 0 aliphatic carbocycles. The van der Waals surface area contributed by atoms with Gasteiger partial charge in [-0.2, -0.15) is 5.10 Å². The number of rotatable bonds is 4. The van der Waals surface area contributed by atoms with Crippen LogP contribution in [0, 0.1) is 17.0 Å². The fourth-order valence-corrected chi connectivity index (χ4v) is 1.65. The number of amides is 1. The van der Waals surface area contributed by atoms with E-state index in [1.54, 1.807) is 12.3 Å². The van der Waals surface area contributed by atoms with E-state index >= 15 is 0 Å². The molecule has 19 heavy (non-hydrogen) atoms. The Morgan fingerprint density at radius 2 is 2.21 bits per heavy atom. The minimum absolute atomic E-state index is 0.0497. The van der Waals surface area contributed by atoms with Crippen LogP contribution in [0.3, 0.4) is 0 Å². The van der Waals surface area contributed by atoms with Gasteiger partial charge in [-0.05, 0) is 13.0 Å². The van der Waals surface area contributed by atoms with Crippen LogP contribution in [-0.2, 0) is 6.54 Å². The molecule has 0 saturated carbocycles. The van der Waals surface area contributed by atoms with Crippen molar-refractivity contribution in [1.82, 2.24) is 15.5 Å². The quantitative estimate of drug-likeness (QED) is 0.643. The monoisotopic (exact) mass is 260 g/mol. The number of hydrogen-bond donors (Lipinski definition) is 2. The van der Waals surface area contributed by atoms with Crippen molar-refractivity contribution in [1.29, 1.82) is 0 Å². The zero-order valence-electron chi connectivity index (χ0n) is 10.2. The van der Waals surface area contributed by atoms with Crippen LogP contribution >= 0.6 is 0 Å². The average molecular weight is 260 g/mol. The highest BCUT2D eigenvalue weighted by Gasteiger charge is 2.18. The van der Waals surface area contributed by atoms with E-state index in [0.29, 0.717) is 0 Å². The number of carbonyl (C=O) groups excluding carboxylic acids is 1. The molecule has 0 atom stereocenters. The third-order valence-electron chi connectivity index (χ3n) is 2.72. The summed E-state index contributed by atoms with van der Waals surface area (Å²) in [6.07, 6.45) is 1.61. The van der Waals surface area contributed by atoms with Crippen molar-refractivity contribution in [2.75, 3.05) is 0 Å². The number of nitrogens with one attached hydrogen (secondary N) is 2. The molecule has 1 amide bonds. The number of H-pyrrole nitrogens is 1. The molecule has 0 unspecified atom stereocenters. The molecule has 1 aromatic carbocycles. The summed E-state index contributed by atoms with van der Waals surface area (Å²) in [7, 11) is 0. The molecule has 7 heteroatoms. The molecule has 0 fully saturated rings. The lowest BCUT2D eigenvalue weighted by molar-refractivity contribution is -0.385. The fourth-order valence-electron chi connectivity index (χ4n) is 1.65. The number of carbonyl (C=O) groups is 1. The maximum atomic E-state index is 11.9. The van der Waals surface area contributed by atoms with Gasteiger partial charge in [-0.1, -0.05) is 12.1 Å². The zero-order chi connectivity index (χ0) is 13.8. The largest absolute Gasteiger partial charge is 0.348 e. The number of nitrogens with zero attached hydrogens (tertiary/aromatic N) is 2. The second kappa shape index (κ2) is 5.30. The Labute approximate surface area is 108 Å². The first kappa shape index (κ1) is 12.7. The molecule has 0 saturated heterocycles. The topological polar surface area (TPSA) is 101 Å². The molecule has 2 aromatic rings. The van der Waals surface area contributed by atoms with Crippen molar-refractivity contribution in [3.8, 4) is 0 Å². The number of aromatic nitrogens is 2. The highest BCUT2D eigenvalue weighted by Crippen LogP contribution is 2.17. The van der Waals surface area contributed by atoms with Crippen molar-refractivity contribution in [3.63, 3.8) is 0 Å². The molecular formula is C12H12N4O3. The molecule has 7 nitrogen and oxygen atoms in total. The van der Waals surface area contributed by atoms with E-state index in [-0.39, 0.29) is 17.8 Å². The van der Waals surface area contributed by atoms with Crippen molar-refractivity contribution in [3.05, 3.63) is 57.4 Å². The summed E-state index contributed by atoms with van der Waals surface area (Å²) in [6, 6.07) is 5.84. The van der Waals surface area contributed by atoms with Gasteiger partial charge in [0.05, 0.1) is 11.1 Å². The molecule has 0 radical (unpaired) electrons. The standard InChI is InChI=1S/C12H12N4O3/c1-8-9(7-14-15-8)6-13-12(17)10-4-2-3-5-11(10)16(18)19/h2-5,7H,6H2,1H3,(H,13,17)(H,14,15). The van der Waals surface area contributed by atoms with E-state index in [0.717, 1.165) is 11.3 Å². The number of para-hydroxylation sites is 1. The zero-order valence-corrected chi connectivity index (χ0v) is 10.2. The van der Waals surface area contributed by atoms with E-state index in [2.05, 4.69) is 15.5 Å². The van der Waals surface area contributed by atoms with Crippen LogP contribution in [0.15, 0.2) is 30.5 Å². The fraction of sp³-hybridized carbons (Fsp3) is 0.167. The lowest BCUT2D eigenvalue weighted by atomic mass is 10.1. The van der Waals surface area contributed by atoms with Gasteiger partial charge in [0, 0.05) is 23.9 Å². The van der Waals surface area contributed by atoms with Gasteiger partial charge in [0.2, 0.25) is 0 Å². The van der Waals surface area contributed by atoms with Gasteiger partial charge >= 0.3 is 0 Å². The van der Waals surface area contributed by atoms with Gasteiger partial charge in [0.15, 0.2) is 0 Å². The van der Waals surface area contributed by atoms with Crippen LogP contribution < -0.4 is 5.32 Å². The third-order valence-corrected chi connectivity index (χ3v) is 2.72. The van der Waals surface area contributed by atoms with E-state index in [4.69, 9.17) is 0 Å². The smallest absolute Gasteiger partial charge is 0.282 e. The lowest BCUT2D eigenvalue weighted by Crippen LogP contribution is -2.23. The Balaban J connectivity index is 2.13. The molecular weight excluding hydrogens is 248 g/mol. The Hall–Kier alpha value is -2.70. The second-order valence-electron chi connectivity index (χ2n) is 3.98. The minimum atomic E-state index is -0.571. The van der Waals surface area contributed by atoms with Gasteiger partial charge in [0.25, 0.3) is 11.6 Å². The van der Waals surface area contributed by atoms with Crippen LogP contribution in [0.5, 0.6) is 0 Å². The molecule has 2 N–H and O–H groups in total. The lowest BCUT2D eigenvalue weighted by Gasteiger charge is -2.05. The van der Waals surface area contributed by atoms with Crippen LogP contribution in [-0.4, -0.2) is 21.0 Å². The van der Waals surface area contributed by atoms with Gasteiger partial charge in [-0.3, -0.25) is 20.0 Å². The summed E-state index contributed by atoms with van der Waals surface area (Å²) in [5, 5.41) is 20.0. The Morgan fingerprint density at radius 3 is 2.84 bits per heavy atom. The van der Waals surface area contributed by atoms with Crippen LogP contribution in [0.25, 0.3) is 0 Å². The molecule has 98 valence electrons. The summed E-state index contributed by atoms with van der Waals surface area (Å²) in [5.41, 5.74) is 1.53. The maximum Gasteiger partial charge on any atom is 0.282 e. The number of aryl methyl sites for hydroxylation is 1. The highest BCUT2D eigenvalue weighted by atomic mass is 16.6. The van der Waals surface area contributed by atoms with Crippen molar-refractivity contribution in [2.45, 2.75) is 13.5 Å². The van der Waals surface area contributed by atoms with E-state index in [1.165, 1.54) is 18.2 Å². The third kappa shape index (κ3) is 2.76. The molecule has 0 aliphatic rings. The van der Waals surface area contributed by atoms with Crippen molar-refractivity contribution in [2.24, 2.45) is 0 Å². The van der Waals surface area contributed by atoms with Gasteiger partial charge in [0.1, 0.15) is 5.56 Å². The van der Waals surface area contributed by atoms with Gasteiger partial charge in [-0.15, -0.1) is 0 Å². The number of nitro benzene ring substituents is 1. The Kier molecular flexibility index (Phi) is 3.56. The number of nitro groups is 1. The maximum absolute atomic E-state index is 11.9. The SMILES string of the molecule is Cc1[nH]ncc1CNC(=O)c1ccccc1[N+](=O)[O-]. The second-order valence-corrected chi connectivity index (χ2v) is 3.98. The molecule has 0 aliphatic heterocycles. The van der Waals surface area contributed by atoms with Crippen LogP contribution in [0.1, 0.15) is 21.6 Å². The van der Waals surface area contributed by atoms with Gasteiger partial charge in [-0.25, -0.2) is 0 Å². The highest BCUT2D eigenvalue weighted by molar-refractivity contribution is 5.98. The van der Waals surface area contributed by atoms with E-state index in [1.807, 2.05) is 6.92 Å². The van der Waals surface area contributed by atoms with E-state index < -0.39 is 10.8 Å². The summed E-state index contributed by atoms with van der Waals surface area (Å²) in [5.74, 6) is -0.479. The van der Waals surface area contributed by atoms with Gasteiger partial charge < -0.3 is 5.32 Å². The van der Waals surface area contributed by atoms with E-state index in [9.17, 15) is 14.9 Å². The number of aromatic amines is 1.